The Morgan fingerprint density at radius 3 is 2.46 bits per heavy atom. The quantitative estimate of drug-likeness (QED) is 0.565. The monoisotopic (exact) mass is 189 g/mol. The van der Waals surface area contributed by atoms with Crippen LogP contribution in [0.1, 0.15) is 27.2 Å². The average Bonchev–Trinajstić information content (AvgIpc) is 2.13. The van der Waals surface area contributed by atoms with Crippen LogP contribution in [0.5, 0.6) is 0 Å². The van der Waals surface area contributed by atoms with Gasteiger partial charge < -0.3 is 15.5 Å². The highest BCUT2D eigenvalue weighted by Crippen LogP contribution is 2.19. The van der Waals surface area contributed by atoms with Crippen molar-refractivity contribution in [1.82, 2.24) is 5.32 Å². The molecule has 0 aliphatic carbocycles. The zero-order valence-electron chi connectivity index (χ0n) is 8.50. The smallest absolute Gasteiger partial charge is 0.225 e. The van der Waals surface area contributed by atoms with Crippen molar-refractivity contribution in [3.05, 3.63) is 0 Å². The number of aliphatic hydroxyl groups is 2. The molecule has 1 atom stereocenters. The molecule has 1 unspecified atom stereocenters. The Balaban J connectivity index is 3.88. The molecule has 0 spiro atoms. The minimum atomic E-state index is -0.864. The summed E-state index contributed by atoms with van der Waals surface area (Å²) in [5.41, 5.74) is -0.408. The predicted molar refractivity (Wildman–Crippen MR) is 50.2 cm³/mol. The molecule has 4 nitrogen and oxygen atoms in total. The third-order valence-corrected chi connectivity index (χ3v) is 2.21. The molecular formula is C9H19NO3. The second-order valence-electron chi connectivity index (χ2n) is 3.78. The summed E-state index contributed by atoms with van der Waals surface area (Å²) in [7, 11) is 0. The molecule has 0 aromatic heterocycles. The minimum absolute atomic E-state index is 0.0949. The van der Waals surface area contributed by atoms with Crippen molar-refractivity contribution in [3.63, 3.8) is 0 Å². The summed E-state index contributed by atoms with van der Waals surface area (Å²) in [4.78, 5) is 11.4. The van der Waals surface area contributed by atoms with E-state index in [0.29, 0.717) is 0 Å². The normalized spacial score (nSPS) is 13.9. The lowest BCUT2D eigenvalue weighted by atomic mass is 9.89. The topological polar surface area (TPSA) is 69.6 Å². The van der Waals surface area contributed by atoms with E-state index in [0.717, 1.165) is 6.42 Å². The van der Waals surface area contributed by atoms with Crippen molar-refractivity contribution in [3.8, 4) is 0 Å². The largest absolute Gasteiger partial charge is 0.394 e. The van der Waals surface area contributed by atoms with Gasteiger partial charge in [-0.25, -0.2) is 0 Å². The molecule has 0 heterocycles. The van der Waals surface area contributed by atoms with Crippen LogP contribution in [-0.2, 0) is 4.79 Å². The van der Waals surface area contributed by atoms with Crippen molar-refractivity contribution < 1.29 is 15.0 Å². The van der Waals surface area contributed by atoms with E-state index in [1.807, 2.05) is 20.8 Å². The van der Waals surface area contributed by atoms with Crippen LogP contribution in [0.3, 0.4) is 0 Å². The molecular weight excluding hydrogens is 170 g/mol. The van der Waals surface area contributed by atoms with E-state index in [4.69, 9.17) is 10.2 Å². The van der Waals surface area contributed by atoms with Gasteiger partial charge in [0.05, 0.1) is 12.7 Å². The first kappa shape index (κ1) is 12.4. The van der Waals surface area contributed by atoms with Gasteiger partial charge in [-0.05, 0) is 6.42 Å². The molecule has 0 bridgehead atoms. The van der Waals surface area contributed by atoms with E-state index in [1.54, 1.807) is 0 Å². The standard InChI is InChI=1S/C9H19NO3/c1-4-9(2,3)8(13)10-5-7(12)6-11/h7,11-12H,4-6H2,1-3H3,(H,10,13). The van der Waals surface area contributed by atoms with E-state index in [2.05, 4.69) is 5.32 Å². The average molecular weight is 189 g/mol. The van der Waals surface area contributed by atoms with Gasteiger partial charge in [0.25, 0.3) is 0 Å². The van der Waals surface area contributed by atoms with Gasteiger partial charge in [-0.2, -0.15) is 0 Å². The lowest BCUT2D eigenvalue weighted by Crippen LogP contribution is -2.41. The number of rotatable bonds is 5. The molecule has 0 fully saturated rings. The van der Waals surface area contributed by atoms with Gasteiger partial charge >= 0.3 is 0 Å². The van der Waals surface area contributed by atoms with Crippen molar-refractivity contribution in [1.29, 1.82) is 0 Å². The summed E-state index contributed by atoms with van der Waals surface area (Å²) in [5, 5.41) is 20.1. The second kappa shape index (κ2) is 5.19. The van der Waals surface area contributed by atoms with Gasteiger partial charge in [0.15, 0.2) is 0 Å². The number of carbonyl (C=O) groups is 1. The molecule has 0 saturated heterocycles. The van der Waals surface area contributed by atoms with Gasteiger partial charge in [-0.15, -0.1) is 0 Å². The van der Waals surface area contributed by atoms with Crippen molar-refractivity contribution >= 4 is 5.91 Å². The number of hydrogen-bond donors (Lipinski definition) is 3. The lowest BCUT2D eigenvalue weighted by Gasteiger charge is -2.22. The molecule has 0 saturated carbocycles. The fraction of sp³-hybridized carbons (Fsp3) is 0.889. The molecule has 0 rings (SSSR count). The third kappa shape index (κ3) is 4.24. The highest BCUT2D eigenvalue weighted by molar-refractivity contribution is 5.81. The maximum atomic E-state index is 11.4. The molecule has 78 valence electrons. The number of carbonyl (C=O) groups excluding carboxylic acids is 1. The van der Waals surface area contributed by atoms with E-state index >= 15 is 0 Å². The summed E-state index contributed by atoms with van der Waals surface area (Å²) < 4.78 is 0. The Hall–Kier alpha value is -0.610. The third-order valence-electron chi connectivity index (χ3n) is 2.21. The SMILES string of the molecule is CCC(C)(C)C(=O)NCC(O)CO. The van der Waals surface area contributed by atoms with E-state index in [-0.39, 0.29) is 19.1 Å². The first-order valence-electron chi connectivity index (χ1n) is 4.51. The first-order chi connectivity index (χ1) is 5.94. The predicted octanol–water partition coefficient (Wildman–Crippen LogP) is -0.108. The van der Waals surface area contributed by atoms with Gasteiger partial charge in [-0.3, -0.25) is 4.79 Å². The fourth-order valence-electron chi connectivity index (χ4n) is 0.675. The molecule has 1 amide bonds. The molecule has 0 aliphatic rings. The zero-order valence-corrected chi connectivity index (χ0v) is 8.50. The van der Waals surface area contributed by atoms with Crippen LogP contribution in [0.2, 0.25) is 0 Å². The van der Waals surface area contributed by atoms with Crippen LogP contribution in [0.25, 0.3) is 0 Å². The van der Waals surface area contributed by atoms with E-state index < -0.39 is 11.5 Å². The Morgan fingerprint density at radius 2 is 2.08 bits per heavy atom. The fourth-order valence-corrected chi connectivity index (χ4v) is 0.675. The molecule has 0 aromatic rings. The van der Waals surface area contributed by atoms with Crippen LogP contribution in [-0.4, -0.2) is 35.4 Å². The summed E-state index contributed by atoms with van der Waals surface area (Å²) in [6.45, 7) is 5.40. The summed E-state index contributed by atoms with van der Waals surface area (Å²) >= 11 is 0. The van der Waals surface area contributed by atoms with Gasteiger partial charge in [0.2, 0.25) is 5.91 Å². The maximum absolute atomic E-state index is 11.4. The summed E-state index contributed by atoms with van der Waals surface area (Å²) in [6.07, 6.45) is -0.120. The molecule has 0 radical (unpaired) electrons. The molecule has 4 heteroatoms. The van der Waals surface area contributed by atoms with Crippen molar-refractivity contribution in [2.75, 3.05) is 13.2 Å². The highest BCUT2D eigenvalue weighted by Gasteiger charge is 2.25. The number of amides is 1. The second-order valence-corrected chi connectivity index (χ2v) is 3.78. The van der Waals surface area contributed by atoms with Crippen molar-refractivity contribution in [2.45, 2.75) is 33.3 Å². The summed E-state index contributed by atoms with van der Waals surface area (Å²) in [6, 6.07) is 0. The van der Waals surface area contributed by atoms with Crippen LogP contribution >= 0.6 is 0 Å². The van der Waals surface area contributed by atoms with Crippen LogP contribution in [0.4, 0.5) is 0 Å². The molecule has 13 heavy (non-hydrogen) atoms. The zero-order chi connectivity index (χ0) is 10.5. The Kier molecular flexibility index (Phi) is 4.95. The molecule has 0 aromatic carbocycles. The number of hydrogen-bond acceptors (Lipinski definition) is 3. The first-order valence-corrected chi connectivity index (χ1v) is 4.51. The molecule has 0 aliphatic heterocycles. The Morgan fingerprint density at radius 1 is 1.54 bits per heavy atom. The summed E-state index contributed by atoms with van der Waals surface area (Å²) in [5.74, 6) is -0.0949. The van der Waals surface area contributed by atoms with E-state index in [1.165, 1.54) is 0 Å². The Labute approximate surface area is 79.0 Å². The van der Waals surface area contributed by atoms with Gasteiger partial charge in [-0.1, -0.05) is 20.8 Å². The lowest BCUT2D eigenvalue weighted by molar-refractivity contribution is -0.130. The number of aliphatic hydroxyl groups excluding tert-OH is 2. The number of nitrogens with one attached hydrogen (secondary N) is 1. The van der Waals surface area contributed by atoms with Crippen LogP contribution in [0, 0.1) is 5.41 Å². The Bertz CT molecular complexity index is 168. The van der Waals surface area contributed by atoms with Gasteiger partial charge in [0, 0.05) is 12.0 Å². The maximum Gasteiger partial charge on any atom is 0.225 e. The van der Waals surface area contributed by atoms with Crippen molar-refractivity contribution in [2.24, 2.45) is 5.41 Å². The highest BCUT2D eigenvalue weighted by atomic mass is 16.3. The van der Waals surface area contributed by atoms with E-state index in [9.17, 15) is 4.79 Å². The minimum Gasteiger partial charge on any atom is -0.394 e. The van der Waals surface area contributed by atoms with Gasteiger partial charge in [0.1, 0.15) is 0 Å². The van der Waals surface area contributed by atoms with Crippen LogP contribution in [0.15, 0.2) is 0 Å². The molecule has 3 N–H and O–H groups in total. The van der Waals surface area contributed by atoms with Crippen LogP contribution < -0.4 is 5.32 Å².